The molecule has 1 N–H and O–H groups in total. The maximum Gasteiger partial charge on any atom is 0.219 e. The van der Waals surface area contributed by atoms with Crippen LogP contribution in [0, 0.1) is 17.7 Å². The van der Waals surface area contributed by atoms with Crippen molar-refractivity contribution in [3.63, 3.8) is 0 Å². The van der Waals surface area contributed by atoms with E-state index in [0.717, 1.165) is 72.8 Å². The summed E-state index contributed by atoms with van der Waals surface area (Å²) in [7, 11) is 0. The normalized spacial score (nSPS) is 22.4. The Hall–Kier alpha value is -3.08. The number of rotatable bonds is 4. The zero-order valence-electron chi connectivity index (χ0n) is 20.7. The Morgan fingerprint density at radius 2 is 1.92 bits per heavy atom. The monoisotopic (exact) mass is 520 g/mol. The number of benzene rings is 1. The van der Waals surface area contributed by atoms with Gasteiger partial charge in [0.05, 0.1) is 29.0 Å². The fraction of sp³-hybridized carbons (Fsp3) is 0.444. The number of morpholine rings is 1. The molecule has 1 amide bonds. The molecule has 3 aliphatic rings. The first-order valence-corrected chi connectivity index (χ1v) is 13.7. The summed E-state index contributed by atoms with van der Waals surface area (Å²) < 4.78 is 21.8. The third-order valence-corrected chi connectivity index (χ3v) is 9.11. The van der Waals surface area contributed by atoms with E-state index in [0.29, 0.717) is 36.4 Å². The van der Waals surface area contributed by atoms with Gasteiger partial charge in [0.2, 0.25) is 5.91 Å². The highest BCUT2D eigenvalue weighted by Gasteiger charge is 2.40. The molecular formula is C27H29FN6O2S. The quantitative estimate of drug-likeness (QED) is 0.442. The first kappa shape index (κ1) is 23.1. The number of nitrogens with zero attached hydrogens (tertiary/aromatic N) is 5. The minimum Gasteiger partial charge on any atom is -0.378 e. The Morgan fingerprint density at radius 3 is 2.68 bits per heavy atom. The van der Waals surface area contributed by atoms with Gasteiger partial charge in [0.15, 0.2) is 11.6 Å². The Balaban J connectivity index is 1.24. The number of carbonyl (C=O) groups excluding carboxylic acids is 1. The highest BCUT2D eigenvalue weighted by atomic mass is 32.1. The number of halogens is 1. The first-order chi connectivity index (χ1) is 18.0. The third-order valence-electron chi connectivity index (χ3n) is 8.01. The van der Waals surface area contributed by atoms with Crippen molar-refractivity contribution >= 4 is 44.2 Å². The van der Waals surface area contributed by atoms with E-state index in [1.807, 2.05) is 17.2 Å². The lowest BCUT2D eigenvalue weighted by atomic mass is 10.0. The van der Waals surface area contributed by atoms with Crippen LogP contribution in [0.2, 0.25) is 0 Å². The van der Waals surface area contributed by atoms with E-state index in [-0.39, 0.29) is 11.7 Å². The predicted molar refractivity (Wildman–Crippen MR) is 142 cm³/mol. The molecule has 37 heavy (non-hydrogen) atoms. The second-order valence-electron chi connectivity index (χ2n) is 10.4. The number of H-pyrrole nitrogens is 1. The molecule has 3 aliphatic heterocycles. The van der Waals surface area contributed by atoms with E-state index in [2.05, 4.69) is 20.9 Å². The average Bonchev–Trinajstić information content (AvgIpc) is 3.66. The van der Waals surface area contributed by atoms with Crippen LogP contribution in [0.15, 0.2) is 30.5 Å². The van der Waals surface area contributed by atoms with Gasteiger partial charge in [0, 0.05) is 74.7 Å². The average molecular weight is 521 g/mol. The van der Waals surface area contributed by atoms with Gasteiger partial charge in [-0.25, -0.2) is 14.4 Å². The second kappa shape index (κ2) is 9.04. The molecule has 1 aromatic carbocycles. The molecule has 3 saturated heterocycles. The number of aromatic amines is 1. The number of anilines is 1. The number of aromatic nitrogens is 3. The SMILES string of the molecule is CC(=O)N1CC2CN(Cc3cc4nc(-c5c(F)ccc6[nH]ccc56)nc(N5CCOCC5)c4s3)CC2C1. The van der Waals surface area contributed by atoms with Crippen LogP contribution in [0.1, 0.15) is 11.8 Å². The molecule has 0 bridgehead atoms. The molecule has 2 atom stereocenters. The van der Waals surface area contributed by atoms with Crippen molar-refractivity contribution in [2.75, 3.05) is 57.4 Å². The highest BCUT2D eigenvalue weighted by molar-refractivity contribution is 7.19. The minimum absolute atomic E-state index is 0.183. The molecule has 8 nitrogen and oxygen atoms in total. The summed E-state index contributed by atoms with van der Waals surface area (Å²) in [5.41, 5.74) is 2.16. The molecule has 7 rings (SSSR count). The molecule has 0 spiro atoms. The second-order valence-corrected chi connectivity index (χ2v) is 11.5. The molecule has 10 heteroatoms. The number of ether oxygens (including phenoxy) is 1. The lowest BCUT2D eigenvalue weighted by Gasteiger charge is -2.28. The van der Waals surface area contributed by atoms with E-state index in [4.69, 9.17) is 14.7 Å². The molecule has 0 aliphatic carbocycles. The summed E-state index contributed by atoms with van der Waals surface area (Å²) in [6.07, 6.45) is 1.82. The molecule has 6 heterocycles. The lowest BCUT2D eigenvalue weighted by Crippen LogP contribution is -2.36. The van der Waals surface area contributed by atoms with Crippen LogP contribution in [0.4, 0.5) is 10.2 Å². The van der Waals surface area contributed by atoms with Gasteiger partial charge in [-0.1, -0.05) is 0 Å². The van der Waals surface area contributed by atoms with Gasteiger partial charge >= 0.3 is 0 Å². The van der Waals surface area contributed by atoms with E-state index in [1.165, 1.54) is 10.9 Å². The summed E-state index contributed by atoms with van der Waals surface area (Å²) in [4.78, 5) is 32.8. The number of thiophene rings is 1. The summed E-state index contributed by atoms with van der Waals surface area (Å²) in [5.74, 6) is 2.25. The zero-order chi connectivity index (χ0) is 25.1. The fourth-order valence-corrected chi connectivity index (χ4v) is 7.33. The van der Waals surface area contributed by atoms with Gasteiger partial charge in [0.25, 0.3) is 0 Å². The van der Waals surface area contributed by atoms with Gasteiger partial charge in [-0.15, -0.1) is 11.3 Å². The van der Waals surface area contributed by atoms with Crippen molar-refractivity contribution in [2.45, 2.75) is 13.5 Å². The van der Waals surface area contributed by atoms with Crippen molar-refractivity contribution in [1.82, 2.24) is 24.8 Å². The van der Waals surface area contributed by atoms with Crippen molar-refractivity contribution in [3.05, 3.63) is 41.2 Å². The summed E-state index contributed by atoms with van der Waals surface area (Å²) in [6.45, 7) is 9.07. The molecule has 3 aromatic heterocycles. The molecular weight excluding hydrogens is 491 g/mol. The standard InChI is InChI=1S/C27H29FN6O2S/c1-16(35)34-13-17-11-32(12-18(17)14-34)15-19-10-23-25(37-19)27(33-6-8-36-9-7-33)31-26(30-23)24-20-4-5-29-22(20)3-2-21(24)28/h2-5,10,17-18,29H,6-9,11-15H2,1H3. The maximum atomic E-state index is 15.2. The Kier molecular flexibility index (Phi) is 5.63. The van der Waals surface area contributed by atoms with E-state index in [9.17, 15) is 4.79 Å². The van der Waals surface area contributed by atoms with Crippen molar-refractivity contribution < 1.29 is 13.9 Å². The molecule has 0 saturated carbocycles. The van der Waals surface area contributed by atoms with E-state index < -0.39 is 0 Å². The van der Waals surface area contributed by atoms with Gasteiger partial charge in [0.1, 0.15) is 5.82 Å². The van der Waals surface area contributed by atoms with Crippen LogP contribution in [0.3, 0.4) is 0 Å². The molecule has 2 unspecified atom stereocenters. The van der Waals surface area contributed by atoms with E-state index >= 15 is 4.39 Å². The van der Waals surface area contributed by atoms with Gasteiger partial charge in [-0.2, -0.15) is 0 Å². The fourth-order valence-electron chi connectivity index (χ4n) is 6.17. The number of carbonyl (C=O) groups is 1. The number of nitrogens with one attached hydrogen (secondary N) is 1. The minimum atomic E-state index is -0.321. The van der Waals surface area contributed by atoms with Crippen LogP contribution in [0.5, 0.6) is 0 Å². The topological polar surface area (TPSA) is 77.6 Å². The summed E-state index contributed by atoms with van der Waals surface area (Å²) in [6, 6.07) is 7.26. The van der Waals surface area contributed by atoms with Gasteiger partial charge in [-0.05, 0) is 36.1 Å². The van der Waals surface area contributed by atoms with Crippen LogP contribution >= 0.6 is 11.3 Å². The highest BCUT2D eigenvalue weighted by Crippen LogP contribution is 2.38. The predicted octanol–water partition coefficient (Wildman–Crippen LogP) is 3.73. The third kappa shape index (κ3) is 4.07. The van der Waals surface area contributed by atoms with Crippen molar-refractivity contribution in [1.29, 1.82) is 0 Å². The number of hydrogen-bond acceptors (Lipinski definition) is 7. The van der Waals surface area contributed by atoms with Crippen molar-refractivity contribution in [3.8, 4) is 11.4 Å². The Morgan fingerprint density at radius 1 is 1.14 bits per heavy atom. The Bertz CT molecular complexity index is 1480. The van der Waals surface area contributed by atoms with Gasteiger partial charge in [-0.3, -0.25) is 9.69 Å². The lowest BCUT2D eigenvalue weighted by molar-refractivity contribution is -0.128. The molecule has 0 radical (unpaired) electrons. The number of amides is 1. The number of likely N-dealkylation sites (tertiary alicyclic amines) is 2. The van der Waals surface area contributed by atoms with Crippen LogP contribution in [-0.2, 0) is 16.1 Å². The summed E-state index contributed by atoms with van der Waals surface area (Å²) in [5, 5.41) is 0.783. The zero-order valence-corrected chi connectivity index (χ0v) is 21.6. The number of fused-ring (bicyclic) bond motifs is 3. The first-order valence-electron chi connectivity index (χ1n) is 12.9. The molecule has 4 aromatic rings. The largest absolute Gasteiger partial charge is 0.378 e. The smallest absolute Gasteiger partial charge is 0.219 e. The van der Waals surface area contributed by atoms with Gasteiger partial charge < -0.3 is 19.5 Å². The molecule has 3 fully saturated rings. The summed E-state index contributed by atoms with van der Waals surface area (Å²) >= 11 is 1.74. The molecule has 192 valence electrons. The van der Waals surface area contributed by atoms with Crippen molar-refractivity contribution in [2.24, 2.45) is 11.8 Å². The van der Waals surface area contributed by atoms with E-state index in [1.54, 1.807) is 24.3 Å². The number of hydrogen-bond donors (Lipinski definition) is 1. The van der Waals surface area contributed by atoms with Crippen LogP contribution in [-0.4, -0.2) is 83.1 Å². The van der Waals surface area contributed by atoms with Crippen LogP contribution in [0.25, 0.3) is 32.5 Å². The van der Waals surface area contributed by atoms with Crippen LogP contribution < -0.4 is 4.90 Å². The Labute approximate surface area is 218 Å². The maximum absolute atomic E-state index is 15.2.